The molecule has 0 spiro atoms. The van der Waals surface area contributed by atoms with Crippen LogP contribution < -0.4 is 5.32 Å². The van der Waals surface area contributed by atoms with Crippen molar-refractivity contribution < 1.29 is 0 Å². The molecule has 0 aliphatic carbocycles. The van der Waals surface area contributed by atoms with E-state index in [2.05, 4.69) is 24.2 Å². The molecule has 1 unspecified atom stereocenters. The minimum absolute atomic E-state index is 0.571. The van der Waals surface area contributed by atoms with Crippen LogP contribution in [0.1, 0.15) is 33.1 Å². The highest BCUT2D eigenvalue weighted by Crippen LogP contribution is 2.06. The zero-order valence-electron chi connectivity index (χ0n) is 8.68. The molecule has 2 nitrogen and oxygen atoms in total. The fraction of sp³-hybridized carbons (Fsp3) is 0.900. The van der Waals surface area contributed by atoms with E-state index in [0.29, 0.717) is 6.04 Å². The summed E-state index contributed by atoms with van der Waals surface area (Å²) in [4.78, 5) is 4.47. The lowest BCUT2D eigenvalue weighted by atomic mass is 10.2. The first-order valence-electron chi connectivity index (χ1n) is 5.20. The number of amidine groups is 1. The van der Waals surface area contributed by atoms with Gasteiger partial charge in [-0.3, -0.25) is 4.99 Å². The summed E-state index contributed by atoms with van der Waals surface area (Å²) in [7, 11) is 0. The molecule has 3 heteroatoms. The van der Waals surface area contributed by atoms with Crippen molar-refractivity contribution in [3.05, 3.63) is 0 Å². The number of aliphatic imine (C=N–C) groups is 1. The molecular weight excluding hydrogens is 180 g/mol. The Labute approximate surface area is 85.6 Å². The Kier molecular flexibility index (Phi) is 5.28. The van der Waals surface area contributed by atoms with E-state index in [1.165, 1.54) is 30.2 Å². The van der Waals surface area contributed by atoms with Gasteiger partial charge in [0.2, 0.25) is 0 Å². The molecule has 0 aromatic heterocycles. The number of nitrogens with one attached hydrogen (secondary N) is 1. The number of hydrogen-bond donors (Lipinski definition) is 1. The van der Waals surface area contributed by atoms with Gasteiger partial charge in [-0.15, -0.1) is 0 Å². The summed E-state index contributed by atoms with van der Waals surface area (Å²) in [6, 6.07) is 0.571. The molecule has 0 saturated heterocycles. The average Bonchev–Trinajstić information content (AvgIpc) is 2.16. The molecule has 1 heterocycles. The van der Waals surface area contributed by atoms with E-state index in [0.717, 1.165) is 13.0 Å². The van der Waals surface area contributed by atoms with Crippen molar-refractivity contribution in [3.63, 3.8) is 0 Å². The van der Waals surface area contributed by atoms with Crippen molar-refractivity contribution >= 4 is 17.6 Å². The van der Waals surface area contributed by atoms with E-state index >= 15 is 0 Å². The monoisotopic (exact) mass is 200 g/mol. The number of nitrogens with zero attached hydrogens (tertiary/aromatic N) is 1. The standard InChI is InChI=1S/C10H20N2S/c1-3-13-8-9(2)12-10-6-4-5-7-11-10/h9H,3-8H2,1-2H3,(H,11,12). The van der Waals surface area contributed by atoms with Crippen molar-refractivity contribution in [2.75, 3.05) is 18.1 Å². The summed E-state index contributed by atoms with van der Waals surface area (Å²) in [6.07, 6.45) is 3.73. The first-order chi connectivity index (χ1) is 6.33. The van der Waals surface area contributed by atoms with Gasteiger partial charge in [0, 0.05) is 24.8 Å². The van der Waals surface area contributed by atoms with Gasteiger partial charge in [-0.05, 0) is 25.5 Å². The molecule has 0 aromatic carbocycles. The highest BCUT2D eigenvalue weighted by Gasteiger charge is 2.07. The van der Waals surface area contributed by atoms with Gasteiger partial charge in [-0.2, -0.15) is 11.8 Å². The van der Waals surface area contributed by atoms with Crippen LogP contribution in [-0.2, 0) is 0 Å². The van der Waals surface area contributed by atoms with Crippen LogP contribution in [0.5, 0.6) is 0 Å². The lowest BCUT2D eigenvalue weighted by molar-refractivity contribution is 0.670. The number of hydrogen-bond acceptors (Lipinski definition) is 3. The summed E-state index contributed by atoms with van der Waals surface area (Å²) in [5.74, 6) is 3.63. The Morgan fingerprint density at radius 2 is 2.38 bits per heavy atom. The predicted molar refractivity (Wildman–Crippen MR) is 61.7 cm³/mol. The van der Waals surface area contributed by atoms with Gasteiger partial charge in [-0.25, -0.2) is 0 Å². The summed E-state index contributed by atoms with van der Waals surface area (Å²) < 4.78 is 0. The highest BCUT2D eigenvalue weighted by atomic mass is 32.2. The van der Waals surface area contributed by atoms with Crippen LogP contribution in [0.4, 0.5) is 0 Å². The molecule has 1 atom stereocenters. The molecule has 0 amide bonds. The number of rotatable bonds is 4. The van der Waals surface area contributed by atoms with Crippen LogP contribution in [0, 0.1) is 0 Å². The third-order valence-corrected chi connectivity index (χ3v) is 3.25. The van der Waals surface area contributed by atoms with Crippen molar-refractivity contribution in [3.8, 4) is 0 Å². The van der Waals surface area contributed by atoms with E-state index in [1.54, 1.807) is 0 Å². The lowest BCUT2D eigenvalue weighted by Crippen LogP contribution is -2.35. The quantitative estimate of drug-likeness (QED) is 0.753. The van der Waals surface area contributed by atoms with E-state index in [4.69, 9.17) is 0 Å². The smallest absolute Gasteiger partial charge is 0.0965 e. The normalized spacial score (nSPS) is 19.4. The van der Waals surface area contributed by atoms with Gasteiger partial charge in [0.15, 0.2) is 0 Å². The molecule has 1 aliphatic rings. The molecule has 0 saturated carbocycles. The number of thioether (sulfide) groups is 1. The third kappa shape index (κ3) is 4.55. The summed E-state index contributed by atoms with van der Waals surface area (Å²) in [5.41, 5.74) is 0. The van der Waals surface area contributed by atoms with Gasteiger partial charge in [0.25, 0.3) is 0 Å². The Morgan fingerprint density at radius 3 is 3.00 bits per heavy atom. The van der Waals surface area contributed by atoms with Gasteiger partial charge in [0.1, 0.15) is 0 Å². The fourth-order valence-electron chi connectivity index (χ4n) is 1.44. The predicted octanol–water partition coefficient (Wildman–Crippen LogP) is 2.30. The van der Waals surface area contributed by atoms with Crippen LogP contribution in [0.3, 0.4) is 0 Å². The van der Waals surface area contributed by atoms with Gasteiger partial charge >= 0.3 is 0 Å². The van der Waals surface area contributed by atoms with Gasteiger partial charge in [-0.1, -0.05) is 6.92 Å². The van der Waals surface area contributed by atoms with Crippen LogP contribution in [0.15, 0.2) is 4.99 Å². The van der Waals surface area contributed by atoms with E-state index in [9.17, 15) is 0 Å². The molecule has 0 aromatic rings. The SMILES string of the molecule is CCSCC(C)NC1=NCCCC1. The Balaban J connectivity index is 2.18. The van der Waals surface area contributed by atoms with Crippen LogP contribution in [0.2, 0.25) is 0 Å². The van der Waals surface area contributed by atoms with Crippen molar-refractivity contribution in [1.29, 1.82) is 0 Å². The second-order valence-corrected chi connectivity index (χ2v) is 4.81. The molecule has 0 radical (unpaired) electrons. The van der Waals surface area contributed by atoms with Crippen LogP contribution in [-0.4, -0.2) is 29.9 Å². The minimum Gasteiger partial charge on any atom is -0.371 e. The zero-order chi connectivity index (χ0) is 9.52. The Hall–Kier alpha value is -0.180. The largest absolute Gasteiger partial charge is 0.371 e. The van der Waals surface area contributed by atoms with Crippen molar-refractivity contribution in [1.82, 2.24) is 5.32 Å². The maximum absolute atomic E-state index is 4.47. The molecule has 76 valence electrons. The summed E-state index contributed by atoms with van der Waals surface area (Å²) in [5, 5.41) is 3.48. The fourth-order valence-corrected chi connectivity index (χ4v) is 2.11. The highest BCUT2D eigenvalue weighted by molar-refractivity contribution is 7.99. The molecule has 1 N–H and O–H groups in total. The third-order valence-electron chi connectivity index (χ3n) is 2.11. The maximum Gasteiger partial charge on any atom is 0.0965 e. The van der Waals surface area contributed by atoms with Crippen molar-refractivity contribution in [2.45, 2.75) is 39.2 Å². The van der Waals surface area contributed by atoms with E-state index in [1.807, 2.05) is 11.8 Å². The van der Waals surface area contributed by atoms with Crippen molar-refractivity contribution in [2.24, 2.45) is 4.99 Å². The maximum atomic E-state index is 4.47. The molecule has 1 rings (SSSR count). The molecular formula is C10H20N2S. The van der Waals surface area contributed by atoms with Crippen LogP contribution in [0.25, 0.3) is 0 Å². The molecule has 1 aliphatic heterocycles. The second-order valence-electron chi connectivity index (χ2n) is 3.49. The molecule has 0 bridgehead atoms. The minimum atomic E-state index is 0.571. The lowest BCUT2D eigenvalue weighted by Gasteiger charge is -2.18. The zero-order valence-corrected chi connectivity index (χ0v) is 9.49. The first kappa shape index (κ1) is 10.9. The topological polar surface area (TPSA) is 24.4 Å². The summed E-state index contributed by atoms with van der Waals surface area (Å²) in [6.45, 7) is 5.46. The average molecular weight is 200 g/mol. The molecule has 13 heavy (non-hydrogen) atoms. The van der Waals surface area contributed by atoms with Gasteiger partial charge < -0.3 is 5.32 Å². The van der Waals surface area contributed by atoms with Gasteiger partial charge in [0.05, 0.1) is 5.84 Å². The molecule has 0 fully saturated rings. The Bertz CT molecular complexity index is 168. The second kappa shape index (κ2) is 6.30. The van der Waals surface area contributed by atoms with Crippen LogP contribution >= 0.6 is 11.8 Å². The van der Waals surface area contributed by atoms with E-state index < -0.39 is 0 Å². The Morgan fingerprint density at radius 1 is 1.54 bits per heavy atom. The first-order valence-corrected chi connectivity index (χ1v) is 6.36. The van der Waals surface area contributed by atoms with E-state index in [-0.39, 0.29) is 0 Å². The summed E-state index contributed by atoms with van der Waals surface area (Å²) >= 11 is 1.99.